The van der Waals surface area contributed by atoms with Crippen LogP contribution in [0, 0.1) is 5.41 Å². The molecule has 1 heterocycles. The van der Waals surface area contributed by atoms with Crippen LogP contribution in [0.4, 0.5) is 0 Å². The maximum Gasteiger partial charge on any atom is 0.124 e. The first-order chi connectivity index (χ1) is 7.38. The van der Waals surface area contributed by atoms with E-state index in [2.05, 4.69) is 47.0 Å². The van der Waals surface area contributed by atoms with Crippen molar-refractivity contribution < 1.29 is 0 Å². The molecule has 1 aliphatic carbocycles. The summed E-state index contributed by atoms with van der Waals surface area (Å²) in [6, 6.07) is 0. The molecule has 2 N–H and O–H groups in total. The van der Waals surface area contributed by atoms with Crippen LogP contribution >= 0.6 is 15.9 Å². The Balaban J connectivity index is 2.37. The highest BCUT2D eigenvalue weighted by atomic mass is 79.9. The predicted molar refractivity (Wildman–Crippen MR) is 67.8 cm³/mol. The van der Waals surface area contributed by atoms with Gasteiger partial charge in [-0.3, -0.25) is 0 Å². The monoisotopic (exact) mass is 284 g/mol. The molecule has 4 nitrogen and oxygen atoms in total. The fraction of sp³-hybridized carbons (Fsp3) is 0.636. The second-order valence-corrected chi connectivity index (χ2v) is 6.24. The second-order valence-electron chi connectivity index (χ2n) is 5.44. The van der Waals surface area contributed by atoms with Gasteiger partial charge in [-0.1, -0.05) is 26.0 Å². The van der Waals surface area contributed by atoms with E-state index in [0.717, 1.165) is 35.3 Å². The first-order valence-corrected chi connectivity index (χ1v) is 6.24. The van der Waals surface area contributed by atoms with Crippen molar-refractivity contribution in [3.8, 4) is 0 Å². The van der Waals surface area contributed by atoms with Crippen molar-refractivity contribution in [2.45, 2.75) is 40.2 Å². The lowest BCUT2D eigenvalue weighted by molar-refractivity contribution is 0.315. The number of fused-ring (bicyclic) bond motifs is 1. The van der Waals surface area contributed by atoms with Gasteiger partial charge in [0.05, 0.1) is 10.2 Å². The fourth-order valence-corrected chi connectivity index (χ4v) is 2.35. The number of nitrogens with two attached hydrogens (primary N) is 1. The van der Waals surface area contributed by atoms with E-state index in [1.165, 1.54) is 5.69 Å². The van der Waals surface area contributed by atoms with E-state index < -0.39 is 0 Å². The molecule has 2 rings (SSSR count). The number of halogens is 1. The normalized spacial score (nSPS) is 16.5. The Labute approximate surface area is 104 Å². The summed E-state index contributed by atoms with van der Waals surface area (Å²) in [7, 11) is 0. The summed E-state index contributed by atoms with van der Waals surface area (Å²) in [5.41, 5.74) is 9.07. The summed E-state index contributed by atoms with van der Waals surface area (Å²) in [5.74, 6) is 0. The molecular formula is C11H17BrN4. The molecule has 0 saturated heterocycles. The van der Waals surface area contributed by atoms with Crippen molar-refractivity contribution in [1.82, 2.24) is 15.0 Å². The molecule has 16 heavy (non-hydrogen) atoms. The van der Waals surface area contributed by atoms with E-state index in [-0.39, 0.29) is 5.41 Å². The highest BCUT2D eigenvalue weighted by Crippen LogP contribution is 2.32. The summed E-state index contributed by atoms with van der Waals surface area (Å²) >= 11 is 3.48. The van der Waals surface area contributed by atoms with Gasteiger partial charge in [-0.25, -0.2) is 4.68 Å². The van der Waals surface area contributed by atoms with Gasteiger partial charge in [0, 0.05) is 12.2 Å². The van der Waals surface area contributed by atoms with Crippen LogP contribution in [-0.4, -0.2) is 15.0 Å². The molecule has 0 radical (unpaired) electrons. The third-order valence-corrected chi connectivity index (χ3v) is 3.47. The lowest BCUT2D eigenvalue weighted by Crippen LogP contribution is -2.20. The van der Waals surface area contributed by atoms with Crippen LogP contribution in [-0.2, 0) is 13.0 Å². The maximum atomic E-state index is 5.89. The molecule has 5 heteroatoms. The number of rotatable bonds is 1. The highest BCUT2D eigenvalue weighted by Gasteiger charge is 2.24. The lowest BCUT2D eigenvalue weighted by Gasteiger charge is -2.20. The Morgan fingerprint density at radius 2 is 2.06 bits per heavy atom. The van der Waals surface area contributed by atoms with Gasteiger partial charge in [0.2, 0.25) is 0 Å². The molecule has 0 saturated carbocycles. The second kappa shape index (κ2) is 3.87. The molecule has 0 atom stereocenters. The van der Waals surface area contributed by atoms with Crippen molar-refractivity contribution in [3.05, 3.63) is 17.1 Å². The topological polar surface area (TPSA) is 56.7 Å². The zero-order valence-electron chi connectivity index (χ0n) is 9.92. The van der Waals surface area contributed by atoms with E-state index in [9.17, 15) is 0 Å². The molecule has 0 bridgehead atoms. The molecule has 0 fully saturated rings. The van der Waals surface area contributed by atoms with Gasteiger partial charge < -0.3 is 5.73 Å². The largest absolute Gasteiger partial charge is 0.401 e. The van der Waals surface area contributed by atoms with E-state index >= 15 is 0 Å². The molecule has 1 aromatic heterocycles. The van der Waals surface area contributed by atoms with Gasteiger partial charge in [-0.15, -0.1) is 5.10 Å². The van der Waals surface area contributed by atoms with Crippen LogP contribution in [0.3, 0.4) is 0 Å². The summed E-state index contributed by atoms with van der Waals surface area (Å²) in [6.45, 7) is 7.48. The summed E-state index contributed by atoms with van der Waals surface area (Å²) in [5, 5.41) is 8.42. The van der Waals surface area contributed by atoms with E-state index in [1.807, 2.05) is 4.68 Å². The van der Waals surface area contributed by atoms with Crippen molar-refractivity contribution in [1.29, 1.82) is 0 Å². The zero-order valence-corrected chi connectivity index (χ0v) is 11.5. The van der Waals surface area contributed by atoms with Crippen molar-refractivity contribution in [2.75, 3.05) is 0 Å². The summed E-state index contributed by atoms with van der Waals surface area (Å²) < 4.78 is 2.91. The Morgan fingerprint density at radius 1 is 1.38 bits per heavy atom. The van der Waals surface area contributed by atoms with Gasteiger partial charge in [0.1, 0.15) is 5.69 Å². The van der Waals surface area contributed by atoms with Crippen LogP contribution in [0.2, 0.25) is 0 Å². The molecule has 0 unspecified atom stereocenters. The molecular weight excluding hydrogens is 268 g/mol. The minimum Gasteiger partial charge on any atom is -0.401 e. The molecule has 0 amide bonds. The number of hydrogen-bond acceptors (Lipinski definition) is 3. The third-order valence-electron chi connectivity index (χ3n) is 2.58. The minimum atomic E-state index is 0.209. The molecule has 1 aliphatic rings. The lowest BCUT2D eigenvalue weighted by atomic mass is 9.96. The van der Waals surface area contributed by atoms with Crippen molar-refractivity contribution >= 4 is 20.4 Å². The highest BCUT2D eigenvalue weighted by molar-refractivity contribution is 9.15. The maximum absolute atomic E-state index is 5.89. The molecule has 0 aromatic carbocycles. The van der Waals surface area contributed by atoms with Crippen molar-refractivity contribution in [2.24, 2.45) is 11.1 Å². The first kappa shape index (κ1) is 11.6. The first-order valence-electron chi connectivity index (χ1n) is 5.45. The van der Waals surface area contributed by atoms with Crippen LogP contribution < -0.4 is 5.73 Å². The van der Waals surface area contributed by atoms with E-state index in [1.54, 1.807) is 0 Å². The summed E-state index contributed by atoms with van der Waals surface area (Å²) in [4.78, 5) is 0. The molecule has 88 valence electrons. The minimum absolute atomic E-state index is 0.209. The Hall–Kier alpha value is -0.840. The molecule has 0 spiro atoms. The number of nitrogens with zero attached hydrogens (tertiary/aromatic N) is 3. The average molecular weight is 285 g/mol. The van der Waals surface area contributed by atoms with E-state index in [0.29, 0.717) is 0 Å². The predicted octanol–water partition coefficient (Wildman–Crippen LogP) is 2.29. The Kier molecular flexibility index (Phi) is 2.82. The zero-order chi connectivity index (χ0) is 11.9. The number of allylic oxidation sites excluding steroid dienone is 1. The SMILES string of the molecule is CC(C)(C)Cn1nnc2c1CCC(N)=C2Br. The third kappa shape index (κ3) is 2.14. The Bertz CT molecular complexity index is 439. The van der Waals surface area contributed by atoms with Crippen LogP contribution in [0.25, 0.3) is 4.48 Å². The Morgan fingerprint density at radius 3 is 2.69 bits per heavy atom. The van der Waals surface area contributed by atoms with E-state index in [4.69, 9.17) is 5.73 Å². The van der Waals surface area contributed by atoms with Gasteiger partial charge >= 0.3 is 0 Å². The van der Waals surface area contributed by atoms with Crippen molar-refractivity contribution in [3.63, 3.8) is 0 Å². The molecule has 1 aromatic rings. The smallest absolute Gasteiger partial charge is 0.124 e. The van der Waals surface area contributed by atoms with Crippen LogP contribution in [0.5, 0.6) is 0 Å². The standard InChI is InChI=1S/C11H17BrN4/c1-11(2,3)6-16-8-5-4-7(13)9(12)10(8)14-15-16/h4-6,13H2,1-3H3. The number of aromatic nitrogens is 3. The van der Waals surface area contributed by atoms with Gasteiger partial charge in [-0.2, -0.15) is 0 Å². The van der Waals surface area contributed by atoms with Crippen LogP contribution in [0.1, 0.15) is 38.6 Å². The quantitative estimate of drug-likeness (QED) is 0.861. The van der Waals surface area contributed by atoms with Gasteiger partial charge in [0.25, 0.3) is 0 Å². The fourth-order valence-electron chi connectivity index (χ4n) is 1.84. The van der Waals surface area contributed by atoms with Gasteiger partial charge in [-0.05, 0) is 34.2 Å². The molecule has 0 aliphatic heterocycles. The van der Waals surface area contributed by atoms with Gasteiger partial charge in [0.15, 0.2) is 0 Å². The number of hydrogen-bond donors (Lipinski definition) is 1. The average Bonchev–Trinajstić information content (AvgIpc) is 2.53. The van der Waals surface area contributed by atoms with Crippen LogP contribution in [0.15, 0.2) is 5.70 Å². The summed E-state index contributed by atoms with van der Waals surface area (Å²) in [6.07, 6.45) is 1.81.